The molecule has 1 heterocycles. The SMILES string of the molecule is Cn1cnc2ccc(C(=O)NCCOCCO)cc21. The largest absolute Gasteiger partial charge is 0.394 e. The highest BCUT2D eigenvalue weighted by molar-refractivity contribution is 5.97. The van der Waals surface area contributed by atoms with Crippen LogP contribution in [0.1, 0.15) is 10.4 Å². The molecule has 0 aliphatic rings. The van der Waals surface area contributed by atoms with Gasteiger partial charge in [0.15, 0.2) is 0 Å². The van der Waals surface area contributed by atoms with Crippen LogP contribution in [0.25, 0.3) is 11.0 Å². The molecule has 1 amide bonds. The van der Waals surface area contributed by atoms with Crippen molar-refractivity contribution in [1.29, 1.82) is 0 Å². The van der Waals surface area contributed by atoms with Gasteiger partial charge in [-0.3, -0.25) is 4.79 Å². The standard InChI is InChI=1S/C13H17N3O3/c1-16-9-15-11-3-2-10(8-12(11)16)13(18)14-4-6-19-7-5-17/h2-3,8-9,17H,4-7H2,1H3,(H,14,18). The number of fused-ring (bicyclic) bond motifs is 1. The summed E-state index contributed by atoms with van der Waals surface area (Å²) in [4.78, 5) is 16.1. The Morgan fingerprint density at radius 2 is 2.32 bits per heavy atom. The monoisotopic (exact) mass is 263 g/mol. The minimum atomic E-state index is -0.143. The number of hydrogen-bond acceptors (Lipinski definition) is 4. The van der Waals surface area contributed by atoms with Gasteiger partial charge in [-0.15, -0.1) is 0 Å². The first-order chi connectivity index (χ1) is 9.22. The van der Waals surface area contributed by atoms with Gasteiger partial charge in [0.2, 0.25) is 0 Å². The number of aliphatic hydroxyl groups excluding tert-OH is 1. The third-order valence-electron chi connectivity index (χ3n) is 2.76. The second-order valence-corrected chi connectivity index (χ2v) is 4.15. The minimum Gasteiger partial charge on any atom is -0.394 e. The van der Waals surface area contributed by atoms with E-state index in [1.807, 2.05) is 23.7 Å². The van der Waals surface area contributed by atoms with Gasteiger partial charge in [-0.25, -0.2) is 4.98 Å². The number of rotatable bonds is 6. The van der Waals surface area contributed by atoms with Crippen molar-refractivity contribution in [2.45, 2.75) is 0 Å². The zero-order chi connectivity index (χ0) is 13.7. The number of ether oxygens (including phenoxy) is 1. The van der Waals surface area contributed by atoms with Crippen LogP contribution in [0.2, 0.25) is 0 Å². The number of benzene rings is 1. The molecule has 0 atom stereocenters. The first-order valence-corrected chi connectivity index (χ1v) is 6.10. The maximum atomic E-state index is 11.9. The second-order valence-electron chi connectivity index (χ2n) is 4.15. The molecule has 0 aliphatic carbocycles. The maximum absolute atomic E-state index is 11.9. The molecule has 0 aliphatic heterocycles. The van der Waals surface area contributed by atoms with Crippen LogP contribution < -0.4 is 5.32 Å². The minimum absolute atomic E-state index is 0.00883. The molecule has 6 heteroatoms. The Hall–Kier alpha value is -1.92. The lowest BCUT2D eigenvalue weighted by Crippen LogP contribution is -2.27. The molecule has 2 rings (SSSR count). The fourth-order valence-corrected chi connectivity index (χ4v) is 1.77. The molecule has 0 radical (unpaired) electrons. The number of aliphatic hydroxyl groups is 1. The van der Waals surface area contributed by atoms with Crippen LogP contribution in [0.3, 0.4) is 0 Å². The predicted molar refractivity (Wildman–Crippen MR) is 71.0 cm³/mol. The Bertz CT molecular complexity index is 565. The summed E-state index contributed by atoms with van der Waals surface area (Å²) in [6, 6.07) is 5.39. The zero-order valence-electron chi connectivity index (χ0n) is 10.8. The van der Waals surface area contributed by atoms with Crippen LogP contribution in [0.4, 0.5) is 0 Å². The van der Waals surface area contributed by atoms with Gasteiger partial charge in [0, 0.05) is 19.2 Å². The van der Waals surface area contributed by atoms with E-state index >= 15 is 0 Å². The number of carbonyl (C=O) groups is 1. The van der Waals surface area contributed by atoms with Crippen molar-refractivity contribution in [3.63, 3.8) is 0 Å². The number of nitrogens with one attached hydrogen (secondary N) is 1. The molecule has 2 N–H and O–H groups in total. The molecule has 1 aromatic heterocycles. The van der Waals surface area contributed by atoms with E-state index in [1.165, 1.54) is 0 Å². The summed E-state index contributed by atoms with van der Waals surface area (Å²) in [5.74, 6) is -0.143. The van der Waals surface area contributed by atoms with Crippen molar-refractivity contribution in [2.75, 3.05) is 26.4 Å². The molecule has 19 heavy (non-hydrogen) atoms. The van der Waals surface area contributed by atoms with Gasteiger partial charge in [-0.05, 0) is 18.2 Å². The Morgan fingerprint density at radius 3 is 3.11 bits per heavy atom. The number of imidazole rings is 1. The summed E-state index contributed by atoms with van der Waals surface area (Å²) in [6.07, 6.45) is 1.72. The molecule has 102 valence electrons. The molecule has 0 saturated heterocycles. The number of hydrogen-bond donors (Lipinski definition) is 2. The van der Waals surface area contributed by atoms with E-state index < -0.39 is 0 Å². The normalized spacial score (nSPS) is 10.8. The number of carbonyl (C=O) groups excluding carboxylic acids is 1. The topological polar surface area (TPSA) is 76.4 Å². The van der Waals surface area contributed by atoms with Crippen molar-refractivity contribution in [1.82, 2.24) is 14.9 Å². The Kier molecular flexibility index (Phi) is 4.48. The third-order valence-corrected chi connectivity index (χ3v) is 2.76. The number of aryl methyl sites for hydroxylation is 1. The predicted octanol–water partition coefficient (Wildman–Crippen LogP) is 0.312. The van der Waals surface area contributed by atoms with E-state index in [1.54, 1.807) is 12.4 Å². The van der Waals surface area contributed by atoms with Crippen molar-refractivity contribution in [3.8, 4) is 0 Å². The van der Waals surface area contributed by atoms with Gasteiger partial charge in [-0.1, -0.05) is 0 Å². The fourth-order valence-electron chi connectivity index (χ4n) is 1.77. The van der Waals surface area contributed by atoms with Crippen molar-refractivity contribution in [2.24, 2.45) is 7.05 Å². The first kappa shape index (κ1) is 13.5. The molecule has 0 spiro atoms. The highest BCUT2D eigenvalue weighted by atomic mass is 16.5. The molecule has 0 bridgehead atoms. The van der Waals surface area contributed by atoms with Crippen LogP contribution >= 0.6 is 0 Å². The number of amides is 1. The van der Waals surface area contributed by atoms with Gasteiger partial charge < -0.3 is 19.7 Å². The summed E-state index contributed by atoms with van der Waals surface area (Å²) in [5, 5.41) is 11.3. The van der Waals surface area contributed by atoms with E-state index in [0.29, 0.717) is 18.7 Å². The lowest BCUT2D eigenvalue weighted by molar-refractivity contribution is 0.0838. The molecule has 1 aromatic carbocycles. The van der Waals surface area contributed by atoms with Gasteiger partial charge in [0.05, 0.1) is 37.2 Å². The first-order valence-electron chi connectivity index (χ1n) is 6.10. The average Bonchev–Trinajstić information content (AvgIpc) is 2.79. The molecule has 6 nitrogen and oxygen atoms in total. The van der Waals surface area contributed by atoms with Crippen LogP contribution in [0.5, 0.6) is 0 Å². The Morgan fingerprint density at radius 1 is 1.47 bits per heavy atom. The maximum Gasteiger partial charge on any atom is 0.251 e. The molecular weight excluding hydrogens is 246 g/mol. The lowest BCUT2D eigenvalue weighted by atomic mass is 10.2. The van der Waals surface area contributed by atoms with E-state index in [-0.39, 0.29) is 19.1 Å². The van der Waals surface area contributed by atoms with E-state index in [2.05, 4.69) is 10.3 Å². The van der Waals surface area contributed by atoms with Gasteiger partial charge >= 0.3 is 0 Å². The Labute approximate surface area is 111 Å². The molecule has 0 unspecified atom stereocenters. The summed E-state index contributed by atoms with van der Waals surface area (Å²) < 4.78 is 6.94. The Balaban J connectivity index is 1.95. The summed E-state index contributed by atoms with van der Waals surface area (Å²) in [5.41, 5.74) is 2.38. The van der Waals surface area contributed by atoms with Crippen LogP contribution in [-0.2, 0) is 11.8 Å². The van der Waals surface area contributed by atoms with Crippen molar-refractivity contribution < 1.29 is 14.6 Å². The van der Waals surface area contributed by atoms with Crippen LogP contribution in [0, 0.1) is 0 Å². The highest BCUT2D eigenvalue weighted by Crippen LogP contribution is 2.13. The molecule has 0 fully saturated rings. The smallest absolute Gasteiger partial charge is 0.251 e. The van der Waals surface area contributed by atoms with Gasteiger partial charge in [-0.2, -0.15) is 0 Å². The second kappa shape index (κ2) is 6.31. The van der Waals surface area contributed by atoms with E-state index in [9.17, 15) is 4.79 Å². The number of nitrogens with zero attached hydrogens (tertiary/aromatic N) is 2. The summed E-state index contributed by atoms with van der Waals surface area (Å²) in [7, 11) is 1.89. The van der Waals surface area contributed by atoms with E-state index in [0.717, 1.165) is 11.0 Å². The van der Waals surface area contributed by atoms with Gasteiger partial charge in [0.1, 0.15) is 0 Å². The average molecular weight is 263 g/mol. The quantitative estimate of drug-likeness (QED) is 0.736. The fraction of sp³-hybridized carbons (Fsp3) is 0.385. The highest BCUT2D eigenvalue weighted by Gasteiger charge is 2.07. The van der Waals surface area contributed by atoms with E-state index in [4.69, 9.17) is 9.84 Å². The van der Waals surface area contributed by atoms with Crippen molar-refractivity contribution >= 4 is 16.9 Å². The summed E-state index contributed by atoms with van der Waals surface area (Å²) >= 11 is 0. The lowest BCUT2D eigenvalue weighted by Gasteiger charge is -2.06. The number of aromatic nitrogens is 2. The van der Waals surface area contributed by atoms with Crippen LogP contribution in [-0.4, -0.2) is 46.9 Å². The zero-order valence-corrected chi connectivity index (χ0v) is 10.8. The van der Waals surface area contributed by atoms with Crippen molar-refractivity contribution in [3.05, 3.63) is 30.1 Å². The van der Waals surface area contributed by atoms with Gasteiger partial charge in [0.25, 0.3) is 5.91 Å². The third kappa shape index (κ3) is 3.30. The molecule has 2 aromatic rings. The molecular formula is C13H17N3O3. The van der Waals surface area contributed by atoms with Crippen LogP contribution in [0.15, 0.2) is 24.5 Å². The summed E-state index contributed by atoms with van der Waals surface area (Å²) in [6.45, 7) is 1.09. The molecule has 0 saturated carbocycles.